The van der Waals surface area contributed by atoms with Gasteiger partial charge in [-0.3, -0.25) is 9.59 Å². The van der Waals surface area contributed by atoms with E-state index in [9.17, 15) is 9.59 Å². The number of benzene rings is 1. The Labute approximate surface area is 135 Å². The van der Waals surface area contributed by atoms with Crippen molar-refractivity contribution in [3.8, 4) is 11.5 Å². The molecular formula is C17H22N2O4. The van der Waals surface area contributed by atoms with Crippen molar-refractivity contribution in [3.63, 3.8) is 0 Å². The van der Waals surface area contributed by atoms with Crippen LogP contribution in [0.15, 0.2) is 24.3 Å². The number of piperidine rings is 1. The fourth-order valence-electron chi connectivity index (χ4n) is 2.58. The number of carbonyl (C=O) groups is 2. The van der Waals surface area contributed by atoms with Gasteiger partial charge in [0, 0.05) is 30.6 Å². The van der Waals surface area contributed by atoms with E-state index in [0.29, 0.717) is 17.9 Å². The van der Waals surface area contributed by atoms with Gasteiger partial charge in [0.25, 0.3) is 0 Å². The molecule has 0 saturated carbocycles. The van der Waals surface area contributed by atoms with Crippen molar-refractivity contribution in [3.05, 3.63) is 29.8 Å². The number of nitrogens with one attached hydrogen (secondary N) is 2. The molecule has 2 amide bonds. The molecule has 1 aliphatic heterocycles. The van der Waals surface area contributed by atoms with Crippen molar-refractivity contribution in [2.45, 2.75) is 31.8 Å². The van der Waals surface area contributed by atoms with Crippen LogP contribution in [0.3, 0.4) is 0 Å². The topological polar surface area (TPSA) is 76.7 Å². The Morgan fingerprint density at radius 3 is 2.48 bits per heavy atom. The molecule has 1 aromatic rings. The van der Waals surface area contributed by atoms with E-state index in [1.165, 1.54) is 6.08 Å². The summed E-state index contributed by atoms with van der Waals surface area (Å²) in [6.45, 7) is 1.93. The highest BCUT2D eigenvalue weighted by atomic mass is 16.5. The van der Waals surface area contributed by atoms with E-state index >= 15 is 0 Å². The zero-order valence-electron chi connectivity index (χ0n) is 13.6. The highest BCUT2D eigenvalue weighted by molar-refractivity contribution is 5.92. The zero-order chi connectivity index (χ0) is 16.8. The molecule has 6 nitrogen and oxygen atoms in total. The summed E-state index contributed by atoms with van der Waals surface area (Å²) in [5, 5.41) is 5.69. The summed E-state index contributed by atoms with van der Waals surface area (Å²) in [7, 11) is 3.15. The molecular weight excluding hydrogens is 296 g/mol. The summed E-state index contributed by atoms with van der Waals surface area (Å²) in [5.74, 6) is 1.05. The normalized spacial score (nSPS) is 20.9. The maximum atomic E-state index is 12.0. The Balaban J connectivity index is 1.99. The van der Waals surface area contributed by atoms with Crippen LogP contribution in [0.5, 0.6) is 11.5 Å². The molecule has 1 saturated heterocycles. The van der Waals surface area contributed by atoms with E-state index in [2.05, 4.69) is 10.6 Å². The minimum atomic E-state index is -0.223. The first-order valence-electron chi connectivity index (χ1n) is 7.51. The highest BCUT2D eigenvalue weighted by Crippen LogP contribution is 2.23. The molecule has 2 atom stereocenters. The number of methoxy groups -OCH3 is 2. The third-order valence-corrected chi connectivity index (χ3v) is 3.62. The van der Waals surface area contributed by atoms with Gasteiger partial charge >= 0.3 is 0 Å². The first-order valence-corrected chi connectivity index (χ1v) is 7.51. The van der Waals surface area contributed by atoms with Gasteiger partial charge in [0.2, 0.25) is 11.8 Å². The molecule has 6 heteroatoms. The second-order valence-electron chi connectivity index (χ2n) is 5.59. The van der Waals surface area contributed by atoms with Gasteiger partial charge in [0.05, 0.1) is 14.2 Å². The van der Waals surface area contributed by atoms with Crippen molar-refractivity contribution in [1.82, 2.24) is 10.6 Å². The largest absolute Gasteiger partial charge is 0.497 e. The van der Waals surface area contributed by atoms with Crippen molar-refractivity contribution in [1.29, 1.82) is 0 Å². The Kier molecular flexibility index (Phi) is 5.62. The predicted molar refractivity (Wildman–Crippen MR) is 87.3 cm³/mol. The lowest BCUT2D eigenvalue weighted by molar-refractivity contribution is -0.124. The van der Waals surface area contributed by atoms with Gasteiger partial charge in [-0.1, -0.05) is 0 Å². The molecule has 1 aromatic carbocycles. The van der Waals surface area contributed by atoms with Crippen LogP contribution in [-0.2, 0) is 9.59 Å². The number of amides is 2. The SMILES string of the molecule is COc1cc(C=CC(=O)NC2CC(=O)NC(C)C2)cc(OC)c1. The standard InChI is InChI=1S/C17H22N2O4/c1-11-6-13(9-17(21)18-11)19-16(20)5-4-12-7-14(22-2)10-15(8-12)23-3/h4-5,7-8,10-11,13H,6,9H2,1-3H3,(H,18,21)(H,19,20). The quantitative estimate of drug-likeness (QED) is 0.807. The third kappa shape index (κ3) is 5.02. The first-order chi connectivity index (χ1) is 11.0. The van der Waals surface area contributed by atoms with Gasteiger partial charge in [0.1, 0.15) is 11.5 Å². The van der Waals surface area contributed by atoms with Crippen LogP contribution in [0.25, 0.3) is 6.08 Å². The first kappa shape index (κ1) is 16.9. The monoisotopic (exact) mass is 318 g/mol. The van der Waals surface area contributed by atoms with Crippen molar-refractivity contribution >= 4 is 17.9 Å². The Hall–Kier alpha value is -2.50. The van der Waals surface area contributed by atoms with Crippen LogP contribution < -0.4 is 20.1 Å². The highest BCUT2D eigenvalue weighted by Gasteiger charge is 2.24. The van der Waals surface area contributed by atoms with Gasteiger partial charge in [-0.2, -0.15) is 0 Å². The lowest BCUT2D eigenvalue weighted by Gasteiger charge is -2.27. The molecule has 2 rings (SSSR count). The second kappa shape index (κ2) is 7.67. The van der Waals surface area contributed by atoms with Crippen molar-refractivity contribution in [2.75, 3.05) is 14.2 Å². The molecule has 2 N–H and O–H groups in total. The molecule has 1 fully saturated rings. The van der Waals surface area contributed by atoms with E-state index in [-0.39, 0.29) is 23.9 Å². The maximum Gasteiger partial charge on any atom is 0.244 e. The smallest absolute Gasteiger partial charge is 0.244 e. The van der Waals surface area contributed by atoms with E-state index in [1.54, 1.807) is 26.4 Å². The number of hydrogen-bond donors (Lipinski definition) is 2. The van der Waals surface area contributed by atoms with Gasteiger partial charge in [-0.05, 0) is 37.1 Å². The zero-order valence-corrected chi connectivity index (χ0v) is 13.6. The van der Waals surface area contributed by atoms with Gasteiger partial charge in [-0.25, -0.2) is 0 Å². The van der Waals surface area contributed by atoms with Crippen molar-refractivity contribution < 1.29 is 19.1 Å². The predicted octanol–water partition coefficient (Wildman–Crippen LogP) is 1.50. The number of rotatable bonds is 5. The fraction of sp³-hybridized carbons (Fsp3) is 0.412. The average molecular weight is 318 g/mol. The second-order valence-corrected chi connectivity index (χ2v) is 5.59. The molecule has 0 radical (unpaired) electrons. The summed E-state index contributed by atoms with van der Waals surface area (Å²) in [4.78, 5) is 23.5. The molecule has 0 aliphatic carbocycles. The third-order valence-electron chi connectivity index (χ3n) is 3.62. The summed E-state index contributed by atoms with van der Waals surface area (Å²) in [6, 6.07) is 5.33. The lowest BCUT2D eigenvalue weighted by atomic mass is 10.00. The maximum absolute atomic E-state index is 12.0. The Morgan fingerprint density at radius 1 is 1.26 bits per heavy atom. The summed E-state index contributed by atoms with van der Waals surface area (Å²) in [5.41, 5.74) is 0.797. The van der Waals surface area contributed by atoms with Crippen LogP contribution in [0.1, 0.15) is 25.3 Å². The van der Waals surface area contributed by atoms with E-state index in [1.807, 2.05) is 19.1 Å². The number of ether oxygens (including phenoxy) is 2. The van der Waals surface area contributed by atoms with Crippen LogP contribution in [0.2, 0.25) is 0 Å². The van der Waals surface area contributed by atoms with Gasteiger partial charge in [0.15, 0.2) is 0 Å². The van der Waals surface area contributed by atoms with E-state index < -0.39 is 0 Å². The number of hydrogen-bond acceptors (Lipinski definition) is 4. The van der Waals surface area contributed by atoms with E-state index in [4.69, 9.17) is 9.47 Å². The van der Waals surface area contributed by atoms with Crippen LogP contribution in [0.4, 0.5) is 0 Å². The Bertz CT molecular complexity index is 590. The molecule has 0 bridgehead atoms. The average Bonchev–Trinajstić information content (AvgIpc) is 2.51. The van der Waals surface area contributed by atoms with Crippen LogP contribution in [-0.4, -0.2) is 38.1 Å². The molecule has 2 unspecified atom stereocenters. The minimum Gasteiger partial charge on any atom is -0.497 e. The van der Waals surface area contributed by atoms with Crippen molar-refractivity contribution in [2.24, 2.45) is 0 Å². The summed E-state index contributed by atoms with van der Waals surface area (Å²) in [6.07, 6.45) is 4.19. The number of carbonyl (C=O) groups excluding carboxylic acids is 2. The van der Waals surface area contributed by atoms with Crippen LogP contribution >= 0.6 is 0 Å². The van der Waals surface area contributed by atoms with Gasteiger partial charge < -0.3 is 20.1 Å². The molecule has 0 spiro atoms. The molecule has 1 aliphatic rings. The summed E-state index contributed by atoms with van der Waals surface area (Å²) < 4.78 is 10.4. The van der Waals surface area contributed by atoms with Gasteiger partial charge in [-0.15, -0.1) is 0 Å². The molecule has 0 aromatic heterocycles. The van der Waals surface area contributed by atoms with E-state index in [0.717, 1.165) is 12.0 Å². The molecule has 23 heavy (non-hydrogen) atoms. The molecule has 1 heterocycles. The van der Waals surface area contributed by atoms with Crippen LogP contribution in [0, 0.1) is 0 Å². The minimum absolute atomic E-state index is 0.0319. The fourth-order valence-corrected chi connectivity index (χ4v) is 2.58. The molecule has 124 valence electrons. The lowest BCUT2D eigenvalue weighted by Crippen LogP contribution is -2.49. The summed E-state index contributed by atoms with van der Waals surface area (Å²) >= 11 is 0. The Morgan fingerprint density at radius 2 is 1.91 bits per heavy atom.